The SMILES string of the molecule is Cc1cc(N(C)C2CCSC2)c([C@H](C)O)cc1F. The number of hydrogen-bond acceptors (Lipinski definition) is 3. The Balaban J connectivity index is 2.38. The average molecular weight is 269 g/mol. The second kappa shape index (κ2) is 5.49. The monoisotopic (exact) mass is 269 g/mol. The number of aliphatic hydroxyl groups excluding tert-OH is 1. The Hall–Kier alpha value is -0.740. The van der Waals surface area contributed by atoms with Crippen LogP contribution in [0.1, 0.15) is 30.6 Å². The number of hydrogen-bond donors (Lipinski definition) is 1. The Bertz CT molecular complexity index is 430. The van der Waals surface area contributed by atoms with Crippen molar-refractivity contribution in [1.29, 1.82) is 0 Å². The second-order valence-electron chi connectivity index (χ2n) is 4.96. The van der Waals surface area contributed by atoms with Crippen LogP contribution in [0.3, 0.4) is 0 Å². The van der Waals surface area contributed by atoms with Crippen molar-refractivity contribution in [2.24, 2.45) is 0 Å². The minimum absolute atomic E-state index is 0.246. The largest absolute Gasteiger partial charge is 0.389 e. The molecule has 0 radical (unpaired) electrons. The minimum atomic E-state index is -0.647. The molecule has 0 aromatic heterocycles. The molecule has 1 N–H and O–H groups in total. The molecule has 1 aliphatic rings. The first-order chi connectivity index (χ1) is 8.50. The third-order valence-electron chi connectivity index (χ3n) is 3.59. The first-order valence-corrected chi connectivity index (χ1v) is 7.45. The van der Waals surface area contributed by atoms with Gasteiger partial charge in [-0.2, -0.15) is 11.8 Å². The van der Waals surface area contributed by atoms with Crippen LogP contribution in [0.4, 0.5) is 10.1 Å². The van der Waals surface area contributed by atoms with E-state index in [2.05, 4.69) is 4.90 Å². The predicted molar refractivity (Wildman–Crippen MR) is 75.9 cm³/mol. The molecule has 2 nitrogen and oxygen atoms in total. The molecule has 1 aromatic rings. The smallest absolute Gasteiger partial charge is 0.126 e. The number of nitrogens with zero attached hydrogens (tertiary/aromatic N) is 1. The Kier molecular flexibility index (Phi) is 4.17. The summed E-state index contributed by atoms with van der Waals surface area (Å²) < 4.78 is 13.6. The standard InChI is InChI=1S/C14H20FNOS/c1-9-6-14(12(10(2)17)7-13(9)15)16(3)11-4-5-18-8-11/h6-7,10-11,17H,4-5,8H2,1-3H3/t10-,11?/m0/s1. The van der Waals surface area contributed by atoms with E-state index in [9.17, 15) is 9.50 Å². The summed E-state index contributed by atoms with van der Waals surface area (Å²) in [5.74, 6) is 2.04. The number of thioether (sulfide) groups is 1. The molecule has 100 valence electrons. The van der Waals surface area contributed by atoms with E-state index in [1.807, 2.05) is 24.9 Å². The molecule has 0 saturated carbocycles. The van der Waals surface area contributed by atoms with Gasteiger partial charge in [0.05, 0.1) is 6.10 Å². The zero-order valence-electron chi connectivity index (χ0n) is 11.1. The highest BCUT2D eigenvalue weighted by atomic mass is 32.2. The van der Waals surface area contributed by atoms with Gasteiger partial charge in [-0.05, 0) is 43.7 Å². The van der Waals surface area contributed by atoms with E-state index < -0.39 is 6.10 Å². The first kappa shape index (κ1) is 13.7. The van der Waals surface area contributed by atoms with Crippen LogP contribution >= 0.6 is 11.8 Å². The summed E-state index contributed by atoms with van der Waals surface area (Å²) in [6.45, 7) is 3.45. The number of rotatable bonds is 3. The van der Waals surface area contributed by atoms with Crippen molar-refractivity contribution in [3.05, 3.63) is 29.1 Å². The quantitative estimate of drug-likeness (QED) is 0.912. The summed E-state index contributed by atoms with van der Waals surface area (Å²) in [6.07, 6.45) is 0.503. The molecule has 1 aromatic carbocycles. The van der Waals surface area contributed by atoms with Crippen molar-refractivity contribution in [1.82, 2.24) is 0 Å². The fourth-order valence-electron chi connectivity index (χ4n) is 2.35. The summed E-state index contributed by atoms with van der Waals surface area (Å²) in [6, 6.07) is 3.80. The van der Waals surface area contributed by atoms with Gasteiger partial charge in [0.1, 0.15) is 5.82 Å². The molecule has 1 unspecified atom stereocenters. The molecule has 4 heteroatoms. The van der Waals surface area contributed by atoms with Crippen LogP contribution in [-0.4, -0.2) is 29.7 Å². The summed E-state index contributed by atoms with van der Waals surface area (Å²) in [4.78, 5) is 2.19. The van der Waals surface area contributed by atoms with E-state index in [0.29, 0.717) is 17.2 Å². The fraction of sp³-hybridized carbons (Fsp3) is 0.571. The molecule has 0 amide bonds. The fourth-order valence-corrected chi connectivity index (χ4v) is 3.61. The maximum Gasteiger partial charge on any atom is 0.126 e. The van der Waals surface area contributed by atoms with E-state index >= 15 is 0 Å². The Morgan fingerprint density at radius 1 is 1.50 bits per heavy atom. The third kappa shape index (κ3) is 2.64. The van der Waals surface area contributed by atoms with Crippen LogP contribution in [0, 0.1) is 12.7 Å². The van der Waals surface area contributed by atoms with Crippen LogP contribution in [0.25, 0.3) is 0 Å². The molecule has 0 spiro atoms. The molecule has 1 aliphatic heterocycles. The van der Waals surface area contributed by atoms with Gasteiger partial charge in [0, 0.05) is 30.1 Å². The number of halogens is 1. The molecular formula is C14H20FNOS. The molecule has 1 heterocycles. The van der Waals surface area contributed by atoms with Crippen LogP contribution in [-0.2, 0) is 0 Å². The summed E-state index contributed by atoms with van der Waals surface area (Å²) >= 11 is 1.95. The highest BCUT2D eigenvalue weighted by Gasteiger charge is 2.23. The normalized spacial score (nSPS) is 21.1. The molecule has 0 aliphatic carbocycles. The zero-order chi connectivity index (χ0) is 13.3. The van der Waals surface area contributed by atoms with Crippen LogP contribution in [0.5, 0.6) is 0 Å². The lowest BCUT2D eigenvalue weighted by Gasteiger charge is -2.29. The van der Waals surface area contributed by atoms with E-state index in [-0.39, 0.29) is 5.82 Å². The Labute approximate surface area is 112 Å². The minimum Gasteiger partial charge on any atom is -0.389 e. The van der Waals surface area contributed by atoms with Gasteiger partial charge < -0.3 is 10.0 Å². The van der Waals surface area contributed by atoms with Crippen molar-refractivity contribution in [3.8, 4) is 0 Å². The van der Waals surface area contributed by atoms with E-state index in [1.165, 1.54) is 11.8 Å². The van der Waals surface area contributed by atoms with Gasteiger partial charge in [0.2, 0.25) is 0 Å². The summed E-state index contributed by atoms with van der Waals surface area (Å²) in [5, 5.41) is 9.81. The molecule has 0 bridgehead atoms. The van der Waals surface area contributed by atoms with Gasteiger partial charge in [-0.1, -0.05) is 0 Å². The van der Waals surface area contributed by atoms with Crippen molar-refractivity contribution in [3.63, 3.8) is 0 Å². The molecule has 1 saturated heterocycles. The Morgan fingerprint density at radius 2 is 2.22 bits per heavy atom. The van der Waals surface area contributed by atoms with Crippen molar-refractivity contribution >= 4 is 17.4 Å². The van der Waals surface area contributed by atoms with E-state index in [0.717, 1.165) is 17.9 Å². The van der Waals surface area contributed by atoms with E-state index in [4.69, 9.17) is 0 Å². The van der Waals surface area contributed by atoms with E-state index in [1.54, 1.807) is 13.8 Å². The summed E-state index contributed by atoms with van der Waals surface area (Å²) in [7, 11) is 2.04. The maximum absolute atomic E-state index is 13.6. The van der Waals surface area contributed by atoms with Crippen molar-refractivity contribution in [2.75, 3.05) is 23.5 Å². The van der Waals surface area contributed by atoms with Crippen molar-refractivity contribution < 1.29 is 9.50 Å². The van der Waals surface area contributed by atoms with Crippen LogP contribution < -0.4 is 4.90 Å². The number of anilines is 1. The lowest BCUT2D eigenvalue weighted by Crippen LogP contribution is -2.32. The molecule has 2 atom stereocenters. The number of aryl methyl sites for hydroxylation is 1. The molecule has 18 heavy (non-hydrogen) atoms. The topological polar surface area (TPSA) is 23.5 Å². The zero-order valence-corrected chi connectivity index (χ0v) is 11.9. The average Bonchev–Trinajstić information content (AvgIpc) is 2.84. The first-order valence-electron chi connectivity index (χ1n) is 6.29. The van der Waals surface area contributed by atoms with Crippen LogP contribution in [0.2, 0.25) is 0 Å². The Morgan fingerprint density at radius 3 is 2.78 bits per heavy atom. The lowest BCUT2D eigenvalue weighted by molar-refractivity contribution is 0.199. The van der Waals surface area contributed by atoms with Gasteiger partial charge in [0.15, 0.2) is 0 Å². The highest BCUT2D eigenvalue weighted by Crippen LogP contribution is 2.32. The molecular weight excluding hydrogens is 249 g/mol. The predicted octanol–water partition coefficient (Wildman–Crippen LogP) is 3.13. The number of benzene rings is 1. The molecule has 1 fully saturated rings. The second-order valence-corrected chi connectivity index (χ2v) is 6.11. The van der Waals surface area contributed by atoms with Crippen LogP contribution in [0.15, 0.2) is 12.1 Å². The van der Waals surface area contributed by atoms with Gasteiger partial charge >= 0.3 is 0 Å². The van der Waals surface area contributed by atoms with Gasteiger partial charge in [-0.3, -0.25) is 0 Å². The van der Waals surface area contributed by atoms with Gasteiger partial charge in [0.25, 0.3) is 0 Å². The lowest BCUT2D eigenvalue weighted by atomic mass is 10.0. The van der Waals surface area contributed by atoms with Crippen molar-refractivity contribution in [2.45, 2.75) is 32.4 Å². The van der Waals surface area contributed by atoms with Gasteiger partial charge in [-0.15, -0.1) is 0 Å². The third-order valence-corrected chi connectivity index (χ3v) is 4.74. The highest BCUT2D eigenvalue weighted by molar-refractivity contribution is 7.99. The molecule has 2 rings (SSSR count). The summed E-state index contributed by atoms with van der Waals surface area (Å²) in [5.41, 5.74) is 2.26. The number of aliphatic hydroxyl groups is 1. The maximum atomic E-state index is 13.6. The van der Waals surface area contributed by atoms with Gasteiger partial charge in [-0.25, -0.2) is 4.39 Å².